The van der Waals surface area contributed by atoms with E-state index in [0.29, 0.717) is 40.5 Å². The maximum atomic E-state index is 14.6. The van der Waals surface area contributed by atoms with Gasteiger partial charge >= 0.3 is 0 Å². The van der Waals surface area contributed by atoms with E-state index in [0.717, 1.165) is 63.8 Å². The summed E-state index contributed by atoms with van der Waals surface area (Å²) in [5.41, 5.74) is 1.40. The fourth-order valence-electron chi connectivity index (χ4n) is 10.7. The Hall–Kier alpha value is -2.41. The molecule has 3 aromatic rings. The summed E-state index contributed by atoms with van der Waals surface area (Å²) in [4.78, 5) is 16.0. The van der Waals surface area contributed by atoms with Crippen LogP contribution in [0.15, 0.2) is 63.3 Å². The molecule has 0 bridgehead atoms. The lowest BCUT2D eigenvalue weighted by atomic mass is 9.96. The molecule has 4 heterocycles. The van der Waals surface area contributed by atoms with E-state index in [-0.39, 0.29) is 9.79 Å². The fraction of sp³-hybridized carbons (Fsp3) is 0.722. The molecular weight excluding hydrogens is 847 g/mol. The van der Waals surface area contributed by atoms with Crippen molar-refractivity contribution in [2.24, 2.45) is 0 Å². The minimum Gasteiger partial charge on any atom is -0.612 e. The van der Waals surface area contributed by atoms with Crippen LogP contribution in [0.5, 0.6) is 5.75 Å². The molecule has 0 unspecified atom stereocenters. The van der Waals surface area contributed by atoms with Crippen molar-refractivity contribution < 1.29 is 17.7 Å². The average molecular weight is 934 g/mol. The summed E-state index contributed by atoms with van der Waals surface area (Å²) in [6.45, 7) is 14.9. The second-order valence-corrected chi connectivity index (χ2v) is 22.9. The molecule has 2 aromatic carbocycles. The fourth-order valence-corrected chi connectivity index (χ4v) is 12.7. The van der Waals surface area contributed by atoms with Gasteiger partial charge in [-0.2, -0.15) is 0 Å². The highest BCUT2D eigenvalue weighted by molar-refractivity contribution is 7.91. The van der Waals surface area contributed by atoms with Gasteiger partial charge in [0.15, 0.2) is 4.90 Å². The zero-order valence-electron chi connectivity index (χ0n) is 41.0. The van der Waals surface area contributed by atoms with Crippen LogP contribution in [-0.4, -0.2) is 117 Å². The van der Waals surface area contributed by atoms with Gasteiger partial charge in [0.05, 0.1) is 22.7 Å². The standard InChI is InChI=1S/C54H87N5O4S2/c1-4-6-7-8-9-10-11-12-13-14-15-16-17-18-19-20-21-22-23-24-43-63-48-25-28-50(29-26-48)65(61,62)53-45-55-52-30-27-49(64(3)60)44-51(52)54(53)59-37-33-46(34-38-59)57-35-31-47(32-36-57)58-41-39-56(5-2)40-42-58/h25-30,44-47H,4-24,31-43H2,1-3H3/t64-/m1/s1. The Morgan fingerprint density at radius 2 is 1.12 bits per heavy atom. The zero-order valence-corrected chi connectivity index (χ0v) is 42.6. The second-order valence-electron chi connectivity index (χ2n) is 19.6. The number of hydrogen-bond acceptors (Lipinski definition) is 9. The lowest BCUT2D eigenvalue weighted by Crippen LogP contribution is -2.55. The smallest absolute Gasteiger partial charge is 0.210 e. The van der Waals surface area contributed by atoms with Gasteiger partial charge in [0.2, 0.25) is 9.84 Å². The molecule has 65 heavy (non-hydrogen) atoms. The van der Waals surface area contributed by atoms with E-state index in [9.17, 15) is 13.0 Å². The molecule has 364 valence electrons. The van der Waals surface area contributed by atoms with Gasteiger partial charge in [0.25, 0.3) is 0 Å². The van der Waals surface area contributed by atoms with Crippen LogP contribution in [0.2, 0.25) is 0 Å². The molecule has 0 amide bonds. The molecule has 0 spiro atoms. The second kappa shape index (κ2) is 28.2. The van der Waals surface area contributed by atoms with Gasteiger partial charge in [-0.1, -0.05) is 136 Å². The number of sulfone groups is 1. The molecule has 0 aliphatic carbocycles. The van der Waals surface area contributed by atoms with Gasteiger partial charge in [-0.3, -0.25) is 9.88 Å². The summed E-state index contributed by atoms with van der Waals surface area (Å²) < 4.78 is 47.9. The lowest BCUT2D eigenvalue weighted by molar-refractivity contribution is 0.0449. The molecule has 6 rings (SSSR count). The van der Waals surface area contributed by atoms with E-state index in [2.05, 4.69) is 38.4 Å². The summed E-state index contributed by atoms with van der Waals surface area (Å²) in [7, 11) is -3.93. The van der Waals surface area contributed by atoms with Crippen LogP contribution in [-0.2, 0) is 21.0 Å². The Balaban J connectivity index is 0.918. The molecule has 3 aliphatic rings. The Morgan fingerprint density at radius 1 is 0.631 bits per heavy atom. The van der Waals surface area contributed by atoms with E-state index in [1.165, 1.54) is 161 Å². The summed E-state index contributed by atoms with van der Waals surface area (Å²) in [6.07, 6.45) is 34.8. The van der Waals surface area contributed by atoms with E-state index in [4.69, 9.17) is 4.74 Å². The van der Waals surface area contributed by atoms with E-state index in [1.54, 1.807) is 30.5 Å². The number of pyridine rings is 1. The number of nitrogens with zero attached hydrogens (tertiary/aromatic N) is 5. The van der Waals surface area contributed by atoms with Crippen LogP contribution >= 0.6 is 0 Å². The third-order valence-electron chi connectivity index (χ3n) is 15.0. The van der Waals surface area contributed by atoms with Crippen molar-refractivity contribution in [3.8, 4) is 5.75 Å². The Bertz CT molecular complexity index is 1890. The van der Waals surface area contributed by atoms with Crippen LogP contribution in [0.3, 0.4) is 0 Å². The number of ether oxygens (including phenoxy) is 1. The van der Waals surface area contributed by atoms with Gasteiger partial charge in [-0.15, -0.1) is 0 Å². The Morgan fingerprint density at radius 3 is 1.63 bits per heavy atom. The van der Waals surface area contributed by atoms with Crippen molar-refractivity contribution >= 4 is 37.6 Å². The average Bonchev–Trinajstić information content (AvgIpc) is 3.34. The molecule has 0 saturated carbocycles. The van der Waals surface area contributed by atoms with Crippen LogP contribution < -0.4 is 9.64 Å². The maximum Gasteiger partial charge on any atom is 0.210 e. The van der Waals surface area contributed by atoms with Crippen molar-refractivity contribution in [2.75, 3.05) is 76.7 Å². The number of aromatic nitrogens is 1. The topological polar surface area (TPSA) is 92.3 Å². The predicted octanol–water partition coefficient (Wildman–Crippen LogP) is 12.1. The number of likely N-dealkylation sites (tertiary alicyclic amines) is 1. The normalized spacial score (nSPS) is 18.2. The first-order chi connectivity index (χ1) is 31.8. The number of piperidine rings is 2. The van der Waals surface area contributed by atoms with Crippen molar-refractivity contribution in [3.63, 3.8) is 0 Å². The molecule has 3 fully saturated rings. The van der Waals surface area contributed by atoms with Crippen molar-refractivity contribution in [3.05, 3.63) is 48.7 Å². The van der Waals surface area contributed by atoms with E-state index in [1.807, 2.05) is 18.2 Å². The molecule has 11 heteroatoms. The number of hydrogen-bond donors (Lipinski definition) is 0. The molecule has 0 N–H and O–H groups in total. The van der Waals surface area contributed by atoms with Crippen LogP contribution in [0.1, 0.15) is 168 Å². The number of piperazine rings is 1. The monoisotopic (exact) mass is 934 g/mol. The third-order valence-corrected chi connectivity index (χ3v) is 17.7. The van der Waals surface area contributed by atoms with Gasteiger partial charge in [-0.25, -0.2) is 8.42 Å². The molecule has 3 saturated heterocycles. The molecular formula is C54H87N5O4S2. The number of likely N-dealkylation sites (N-methyl/N-ethyl adjacent to an activating group) is 1. The van der Waals surface area contributed by atoms with Crippen molar-refractivity contribution in [1.29, 1.82) is 0 Å². The molecule has 1 atom stereocenters. The van der Waals surface area contributed by atoms with Gasteiger partial charge in [-0.05, 0) is 99.3 Å². The predicted molar refractivity (Wildman–Crippen MR) is 273 cm³/mol. The highest BCUT2D eigenvalue weighted by Crippen LogP contribution is 2.39. The Labute approximate surface area is 398 Å². The van der Waals surface area contributed by atoms with Crippen molar-refractivity contribution in [2.45, 2.75) is 195 Å². The summed E-state index contributed by atoms with van der Waals surface area (Å²) in [5.74, 6) is 0.693. The van der Waals surface area contributed by atoms with Crippen molar-refractivity contribution in [1.82, 2.24) is 19.7 Å². The first-order valence-corrected chi connectivity index (χ1v) is 29.5. The van der Waals surface area contributed by atoms with Crippen LogP contribution in [0.25, 0.3) is 10.9 Å². The largest absolute Gasteiger partial charge is 0.612 e. The summed E-state index contributed by atoms with van der Waals surface area (Å²) in [6, 6.07) is 13.7. The lowest BCUT2D eigenvalue weighted by Gasteiger charge is -2.46. The molecule has 1 aromatic heterocycles. The van der Waals surface area contributed by atoms with E-state index >= 15 is 0 Å². The van der Waals surface area contributed by atoms with Gasteiger partial charge < -0.3 is 24.0 Å². The third kappa shape index (κ3) is 16.1. The van der Waals surface area contributed by atoms with Crippen LogP contribution in [0.4, 0.5) is 5.69 Å². The zero-order chi connectivity index (χ0) is 45.7. The first kappa shape index (κ1) is 52.0. The Kier molecular flexibility index (Phi) is 22.5. The highest BCUT2D eigenvalue weighted by atomic mass is 32.2. The van der Waals surface area contributed by atoms with Crippen LogP contribution in [0, 0.1) is 0 Å². The van der Waals surface area contributed by atoms with E-state index < -0.39 is 21.0 Å². The maximum absolute atomic E-state index is 14.6. The summed E-state index contributed by atoms with van der Waals surface area (Å²) >= 11 is -1.21. The minimum atomic E-state index is -3.93. The molecule has 3 aliphatic heterocycles. The highest BCUT2D eigenvalue weighted by Gasteiger charge is 2.34. The number of unbranched alkanes of at least 4 members (excludes halogenated alkanes) is 19. The summed E-state index contributed by atoms with van der Waals surface area (Å²) in [5, 5.41) is 0.746. The first-order valence-electron chi connectivity index (χ1n) is 26.5. The van der Waals surface area contributed by atoms with Gasteiger partial charge in [0, 0.05) is 69.0 Å². The number of anilines is 1. The SMILES string of the molecule is CCCCCCCCCCCCCCCCCCCCCCOc1ccc(S(=O)(=O)c2cnc3ccc([S@@+](C)[O-])cc3c2N2CCC(N3CCC(N4CCN(CC)CC4)CC3)CC2)cc1. The quantitative estimate of drug-likeness (QED) is 0.0498. The molecule has 9 nitrogen and oxygen atoms in total. The van der Waals surface area contributed by atoms with Gasteiger partial charge in [0.1, 0.15) is 16.9 Å². The number of benzene rings is 2. The molecule has 0 radical (unpaired) electrons. The number of rotatable bonds is 29. The number of fused-ring (bicyclic) bond motifs is 1. The minimum absolute atomic E-state index is 0.212.